The molecule has 0 spiro atoms. The van der Waals surface area contributed by atoms with Crippen molar-refractivity contribution in [3.63, 3.8) is 0 Å². The standard InChI is InChI=1S/C17H21BrN4OS/c1-3-4-5-6-7-10-24-17-21-20-16(23-17)15-12(2)19-14-9-8-13(18)11-22(14)15/h8-9,11H,3-7,10H2,1-2H3. The van der Waals surface area contributed by atoms with E-state index >= 15 is 0 Å². The zero-order valence-corrected chi connectivity index (χ0v) is 16.4. The van der Waals surface area contributed by atoms with Crippen molar-refractivity contribution in [2.45, 2.75) is 51.2 Å². The van der Waals surface area contributed by atoms with Crippen LogP contribution in [0.25, 0.3) is 17.2 Å². The lowest BCUT2D eigenvalue weighted by atomic mass is 10.2. The van der Waals surface area contributed by atoms with Gasteiger partial charge in [-0.3, -0.25) is 4.40 Å². The van der Waals surface area contributed by atoms with E-state index < -0.39 is 0 Å². The van der Waals surface area contributed by atoms with E-state index in [1.807, 2.05) is 29.7 Å². The molecule has 0 amide bonds. The molecule has 5 nitrogen and oxygen atoms in total. The largest absolute Gasteiger partial charge is 0.410 e. The fourth-order valence-corrected chi connectivity index (χ4v) is 3.72. The number of aromatic nitrogens is 4. The van der Waals surface area contributed by atoms with Crippen LogP contribution in [0.15, 0.2) is 32.4 Å². The summed E-state index contributed by atoms with van der Waals surface area (Å²) >= 11 is 5.13. The molecule has 0 aliphatic rings. The minimum Gasteiger partial charge on any atom is -0.410 e. The summed E-state index contributed by atoms with van der Waals surface area (Å²) in [6.07, 6.45) is 8.32. The number of pyridine rings is 1. The molecule has 0 atom stereocenters. The summed E-state index contributed by atoms with van der Waals surface area (Å²) in [5.41, 5.74) is 2.61. The maximum atomic E-state index is 5.85. The molecule has 0 aromatic carbocycles. The van der Waals surface area contributed by atoms with Crippen LogP contribution in [0, 0.1) is 6.92 Å². The Morgan fingerprint density at radius 1 is 1.17 bits per heavy atom. The second kappa shape index (κ2) is 8.16. The van der Waals surface area contributed by atoms with Crippen molar-refractivity contribution in [2.24, 2.45) is 0 Å². The second-order valence-electron chi connectivity index (χ2n) is 5.76. The zero-order valence-electron chi connectivity index (χ0n) is 14.0. The number of halogens is 1. The van der Waals surface area contributed by atoms with E-state index in [2.05, 4.69) is 38.0 Å². The Morgan fingerprint density at radius 3 is 2.83 bits per heavy atom. The molecule has 3 aromatic rings. The molecule has 0 N–H and O–H groups in total. The first-order chi connectivity index (χ1) is 11.7. The van der Waals surface area contributed by atoms with Crippen LogP contribution < -0.4 is 0 Å². The summed E-state index contributed by atoms with van der Waals surface area (Å²) in [5, 5.41) is 9.01. The van der Waals surface area contributed by atoms with Crippen LogP contribution in [-0.4, -0.2) is 25.3 Å². The average Bonchev–Trinajstić information content (AvgIpc) is 3.14. The summed E-state index contributed by atoms with van der Waals surface area (Å²) in [6.45, 7) is 4.19. The van der Waals surface area contributed by atoms with E-state index in [4.69, 9.17) is 4.42 Å². The minimum absolute atomic E-state index is 0.520. The Labute approximate surface area is 154 Å². The first-order valence-electron chi connectivity index (χ1n) is 8.30. The van der Waals surface area contributed by atoms with Crippen LogP contribution in [0.4, 0.5) is 0 Å². The Morgan fingerprint density at radius 2 is 2.00 bits per heavy atom. The van der Waals surface area contributed by atoms with Crippen LogP contribution in [0.2, 0.25) is 0 Å². The molecule has 0 radical (unpaired) electrons. The van der Waals surface area contributed by atoms with Gasteiger partial charge in [-0.15, -0.1) is 10.2 Å². The molecule has 7 heteroatoms. The van der Waals surface area contributed by atoms with E-state index in [1.165, 1.54) is 32.1 Å². The fraction of sp³-hybridized carbons (Fsp3) is 0.471. The molecular weight excluding hydrogens is 388 g/mol. The summed E-state index contributed by atoms with van der Waals surface area (Å²) in [6, 6.07) is 3.93. The third-order valence-corrected chi connectivity index (χ3v) is 5.21. The predicted octanol–water partition coefficient (Wildman–Crippen LogP) is 5.52. The molecule has 0 saturated carbocycles. The molecule has 0 aliphatic carbocycles. The van der Waals surface area contributed by atoms with Gasteiger partial charge in [0.25, 0.3) is 11.1 Å². The van der Waals surface area contributed by atoms with E-state index in [9.17, 15) is 0 Å². The molecule has 24 heavy (non-hydrogen) atoms. The van der Waals surface area contributed by atoms with Gasteiger partial charge in [-0.05, 0) is 41.4 Å². The van der Waals surface area contributed by atoms with Crippen LogP contribution in [0.5, 0.6) is 0 Å². The van der Waals surface area contributed by atoms with Gasteiger partial charge in [-0.2, -0.15) is 0 Å². The van der Waals surface area contributed by atoms with Crippen molar-refractivity contribution in [3.8, 4) is 11.6 Å². The normalized spacial score (nSPS) is 11.5. The van der Waals surface area contributed by atoms with Crippen LogP contribution in [0.3, 0.4) is 0 Å². The minimum atomic E-state index is 0.520. The van der Waals surface area contributed by atoms with Gasteiger partial charge < -0.3 is 4.42 Å². The molecular formula is C17H21BrN4OS. The highest BCUT2D eigenvalue weighted by Gasteiger charge is 2.17. The monoisotopic (exact) mass is 408 g/mol. The Balaban J connectivity index is 1.69. The SMILES string of the molecule is CCCCCCCSc1nnc(-c2c(C)nc3ccc(Br)cn23)o1. The molecule has 0 unspecified atom stereocenters. The first-order valence-corrected chi connectivity index (χ1v) is 10.1. The van der Waals surface area contributed by atoms with Crippen LogP contribution in [0.1, 0.15) is 44.7 Å². The Hall–Kier alpha value is -1.34. The number of aryl methyl sites for hydroxylation is 1. The lowest BCUT2D eigenvalue weighted by Gasteiger charge is -1.99. The lowest BCUT2D eigenvalue weighted by Crippen LogP contribution is -1.89. The molecule has 3 rings (SSSR count). The van der Waals surface area contributed by atoms with Crippen molar-refractivity contribution in [2.75, 3.05) is 5.75 Å². The third-order valence-electron chi connectivity index (χ3n) is 3.84. The predicted molar refractivity (Wildman–Crippen MR) is 100 cm³/mol. The van der Waals surface area contributed by atoms with E-state index in [0.717, 1.165) is 27.3 Å². The van der Waals surface area contributed by atoms with Gasteiger partial charge in [0.15, 0.2) is 0 Å². The number of rotatable bonds is 8. The summed E-state index contributed by atoms with van der Waals surface area (Å²) in [5.74, 6) is 1.54. The first kappa shape index (κ1) is 17.5. The van der Waals surface area contributed by atoms with Gasteiger partial charge >= 0.3 is 0 Å². The highest BCUT2D eigenvalue weighted by atomic mass is 79.9. The van der Waals surface area contributed by atoms with Gasteiger partial charge in [0.05, 0.1) is 5.69 Å². The van der Waals surface area contributed by atoms with E-state index in [0.29, 0.717) is 11.1 Å². The van der Waals surface area contributed by atoms with E-state index in [-0.39, 0.29) is 0 Å². The van der Waals surface area contributed by atoms with Gasteiger partial charge in [0, 0.05) is 16.4 Å². The maximum Gasteiger partial charge on any atom is 0.276 e. The van der Waals surface area contributed by atoms with Crippen molar-refractivity contribution in [1.29, 1.82) is 0 Å². The third kappa shape index (κ3) is 4.00. The van der Waals surface area contributed by atoms with Crippen molar-refractivity contribution >= 4 is 33.3 Å². The van der Waals surface area contributed by atoms with Crippen LogP contribution >= 0.6 is 27.7 Å². The quantitative estimate of drug-likeness (QED) is 0.362. The molecule has 3 heterocycles. The number of hydrogen-bond acceptors (Lipinski definition) is 5. The highest BCUT2D eigenvalue weighted by molar-refractivity contribution is 9.10. The highest BCUT2D eigenvalue weighted by Crippen LogP contribution is 2.28. The summed E-state index contributed by atoms with van der Waals surface area (Å²) in [4.78, 5) is 4.55. The maximum absolute atomic E-state index is 5.85. The van der Waals surface area contributed by atoms with Crippen molar-refractivity contribution < 1.29 is 4.42 Å². The molecule has 0 saturated heterocycles. The average molecular weight is 409 g/mol. The van der Waals surface area contributed by atoms with Gasteiger partial charge in [-0.25, -0.2) is 4.98 Å². The van der Waals surface area contributed by atoms with Gasteiger partial charge in [0.2, 0.25) is 0 Å². The Kier molecular flexibility index (Phi) is 5.94. The molecule has 0 bridgehead atoms. The summed E-state index contributed by atoms with van der Waals surface area (Å²) in [7, 11) is 0. The number of hydrogen-bond donors (Lipinski definition) is 0. The lowest BCUT2D eigenvalue weighted by molar-refractivity contribution is 0.463. The number of thioether (sulfide) groups is 1. The van der Waals surface area contributed by atoms with Gasteiger partial charge in [-0.1, -0.05) is 44.4 Å². The van der Waals surface area contributed by atoms with Crippen LogP contribution in [-0.2, 0) is 0 Å². The second-order valence-corrected chi connectivity index (χ2v) is 7.72. The fourth-order valence-electron chi connectivity index (χ4n) is 2.62. The topological polar surface area (TPSA) is 56.2 Å². The van der Waals surface area contributed by atoms with Crippen molar-refractivity contribution in [1.82, 2.24) is 19.6 Å². The number of imidazole rings is 1. The molecule has 3 aromatic heterocycles. The summed E-state index contributed by atoms with van der Waals surface area (Å²) < 4.78 is 8.81. The van der Waals surface area contributed by atoms with E-state index in [1.54, 1.807) is 11.8 Å². The zero-order chi connectivity index (χ0) is 16.9. The van der Waals surface area contributed by atoms with Crippen molar-refractivity contribution in [3.05, 3.63) is 28.5 Å². The Bertz CT molecular complexity index is 814. The number of fused-ring (bicyclic) bond motifs is 1. The number of nitrogens with zero attached hydrogens (tertiary/aromatic N) is 4. The molecule has 0 fully saturated rings. The smallest absolute Gasteiger partial charge is 0.276 e. The molecule has 0 aliphatic heterocycles. The van der Waals surface area contributed by atoms with Gasteiger partial charge in [0.1, 0.15) is 11.3 Å². The molecule has 128 valence electrons. The number of unbranched alkanes of at least 4 members (excludes halogenated alkanes) is 4.